The minimum absolute atomic E-state index is 0.971. The fourth-order valence-corrected chi connectivity index (χ4v) is 12.5. The summed E-state index contributed by atoms with van der Waals surface area (Å²) in [4.78, 5) is 2.37. The van der Waals surface area contributed by atoms with Crippen LogP contribution in [0.15, 0.2) is 84.9 Å². The van der Waals surface area contributed by atoms with E-state index < -0.39 is 20.2 Å². The second-order valence-corrected chi connectivity index (χ2v) is 12.8. The summed E-state index contributed by atoms with van der Waals surface area (Å²) in [5.74, 6) is 3.96. The summed E-state index contributed by atoms with van der Waals surface area (Å²) in [6.45, 7) is 0. The molecule has 4 aromatic carbocycles. The minimum atomic E-state index is -2.25. The molecule has 0 spiro atoms. The number of hydrogen-bond acceptors (Lipinski definition) is 3. The van der Waals surface area contributed by atoms with Gasteiger partial charge in [-0.3, -0.25) is 0 Å². The van der Waals surface area contributed by atoms with E-state index in [0.717, 1.165) is 28.7 Å². The Bertz CT molecular complexity index is 1210. The van der Waals surface area contributed by atoms with Crippen LogP contribution >= 0.6 is 0 Å². The average molecular weight is 470 g/mol. The number of benzene rings is 4. The Morgan fingerprint density at radius 2 is 1.00 bits per heavy atom. The molecule has 3 nitrogen and oxygen atoms in total. The topological polar surface area (TPSA) is 21.7 Å². The van der Waals surface area contributed by atoms with Crippen LogP contribution in [-0.4, -0.2) is 20.2 Å². The number of ether oxygens (including phenoxy) is 2. The first-order valence-corrected chi connectivity index (χ1v) is 13.1. The van der Waals surface area contributed by atoms with Crippen LogP contribution < -0.4 is 24.9 Å². The van der Waals surface area contributed by atoms with Crippen molar-refractivity contribution in [2.45, 2.75) is 0 Å². The zero-order chi connectivity index (χ0) is 18.2. The number of hydrogen-bond donors (Lipinski definition) is 0. The Kier molecular flexibility index (Phi) is 2.87. The summed E-state index contributed by atoms with van der Waals surface area (Å²) in [7, 11) is 0. The van der Waals surface area contributed by atoms with Gasteiger partial charge >= 0.3 is 170 Å². The van der Waals surface area contributed by atoms with Gasteiger partial charge in [-0.2, -0.15) is 0 Å². The maximum atomic E-state index is 6.37. The average Bonchev–Trinajstić information content (AvgIpc) is 2.75. The molecule has 3 aliphatic heterocycles. The second kappa shape index (κ2) is 5.33. The van der Waals surface area contributed by atoms with Gasteiger partial charge in [0.15, 0.2) is 0 Å². The zero-order valence-corrected chi connectivity index (χ0v) is 17.3. The van der Waals surface area contributed by atoms with E-state index in [2.05, 4.69) is 83.8 Å². The van der Waals surface area contributed by atoms with E-state index in [4.69, 9.17) is 9.47 Å². The Morgan fingerprint density at radius 1 is 0.500 bits per heavy atom. The van der Waals surface area contributed by atoms with Gasteiger partial charge in [-0.25, -0.2) is 0 Å². The molecule has 28 heavy (non-hydrogen) atoms. The van der Waals surface area contributed by atoms with Crippen LogP contribution in [0.3, 0.4) is 0 Å². The molecule has 0 atom stereocenters. The van der Waals surface area contributed by atoms with Crippen molar-refractivity contribution in [2.24, 2.45) is 0 Å². The van der Waals surface area contributed by atoms with Gasteiger partial charge in [0.1, 0.15) is 0 Å². The Balaban J connectivity index is 1.63. The molecule has 0 aromatic heterocycles. The molecule has 0 unspecified atom stereocenters. The molecule has 3 heterocycles. The standard InChI is InChI=1S/C24H14NO2.Sb/c1-2-7-18(8-3-1)25-19-9-4-11-21(15-19)26-23-13-6-14-24(17-23)27-22-12-5-10-20(25)16-22;/h1-14H;. The van der Waals surface area contributed by atoms with Gasteiger partial charge in [0.05, 0.1) is 0 Å². The second-order valence-electron chi connectivity index (χ2n) is 7.06. The molecule has 7 rings (SSSR count). The van der Waals surface area contributed by atoms with Crippen molar-refractivity contribution >= 4 is 47.8 Å². The van der Waals surface area contributed by atoms with E-state index >= 15 is 0 Å². The predicted octanol–water partition coefficient (Wildman–Crippen LogP) is 4.20. The Morgan fingerprint density at radius 3 is 1.57 bits per heavy atom. The molecule has 132 valence electrons. The number of nitrogens with zero attached hydrogens (tertiary/aromatic N) is 1. The summed E-state index contributed by atoms with van der Waals surface area (Å²) in [6, 6.07) is 29.7. The van der Waals surface area contributed by atoms with Crippen LogP contribution in [0.25, 0.3) is 0 Å². The quantitative estimate of drug-likeness (QED) is 0.336. The monoisotopic (exact) mass is 469 g/mol. The summed E-state index contributed by atoms with van der Waals surface area (Å²) in [5.41, 5.74) is 3.66. The maximum absolute atomic E-state index is 6.37. The van der Waals surface area contributed by atoms with Crippen LogP contribution in [0, 0.1) is 0 Å². The summed E-state index contributed by atoms with van der Waals surface area (Å²) >= 11 is -2.25. The molecule has 3 aliphatic rings. The molecule has 0 bridgehead atoms. The summed E-state index contributed by atoms with van der Waals surface area (Å²) in [5, 5.41) is 0. The predicted molar refractivity (Wildman–Crippen MR) is 112 cm³/mol. The van der Waals surface area contributed by atoms with E-state index in [1.165, 1.54) is 21.9 Å². The molecule has 0 fully saturated rings. The van der Waals surface area contributed by atoms with E-state index in [1.54, 1.807) is 0 Å². The Hall–Kier alpha value is -2.90. The zero-order valence-electron chi connectivity index (χ0n) is 14.8. The van der Waals surface area contributed by atoms with Crippen LogP contribution in [0.1, 0.15) is 0 Å². The molecule has 0 aliphatic carbocycles. The first-order valence-electron chi connectivity index (χ1n) is 9.30. The molecule has 0 saturated heterocycles. The van der Waals surface area contributed by atoms with E-state index in [-0.39, 0.29) is 0 Å². The van der Waals surface area contributed by atoms with Crippen molar-refractivity contribution in [2.75, 3.05) is 4.90 Å². The third-order valence-electron chi connectivity index (χ3n) is 5.52. The third kappa shape index (κ3) is 1.80. The van der Waals surface area contributed by atoms with E-state index in [0.29, 0.717) is 0 Å². The molecule has 0 saturated carbocycles. The Labute approximate surface area is 169 Å². The van der Waals surface area contributed by atoms with Gasteiger partial charge in [-0.05, 0) is 0 Å². The summed E-state index contributed by atoms with van der Waals surface area (Å²) < 4.78 is 16.9. The SMILES string of the molecule is c1ccc(N2c3cccc4[c]3[Sb]3[c]5c(cccc5Oc5cccc2[c]53)O4)cc1. The van der Waals surface area contributed by atoms with Gasteiger partial charge in [-0.15, -0.1) is 0 Å². The van der Waals surface area contributed by atoms with Gasteiger partial charge in [0.25, 0.3) is 0 Å². The van der Waals surface area contributed by atoms with Gasteiger partial charge in [0.2, 0.25) is 0 Å². The van der Waals surface area contributed by atoms with Crippen LogP contribution in [0.5, 0.6) is 23.0 Å². The number of anilines is 3. The van der Waals surface area contributed by atoms with Crippen molar-refractivity contribution in [3.63, 3.8) is 0 Å². The van der Waals surface area contributed by atoms with Crippen LogP contribution in [0.4, 0.5) is 17.1 Å². The molecule has 4 aromatic rings. The van der Waals surface area contributed by atoms with Gasteiger partial charge in [0, 0.05) is 0 Å². The summed E-state index contributed by atoms with van der Waals surface area (Å²) in [6.07, 6.45) is 0. The van der Waals surface area contributed by atoms with Crippen LogP contribution in [-0.2, 0) is 0 Å². The normalized spacial score (nSPS) is 14.8. The van der Waals surface area contributed by atoms with Crippen molar-refractivity contribution < 1.29 is 9.47 Å². The molecular formula is C24H14NO2Sb. The van der Waals surface area contributed by atoms with Crippen molar-refractivity contribution in [3.05, 3.63) is 84.9 Å². The molecule has 0 radical (unpaired) electrons. The molecule has 0 N–H and O–H groups in total. The first kappa shape index (κ1) is 15.1. The van der Waals surface area contributed by atoms with Crippen LogP contribution in [0.2, 0.25) is 0 Å². The van der Waals surface area contributed by atoms with Crippen molar-refractivity contribution in [1.29, 1.82) is 0 Å². The van der Waals surface area contributed by atoms with Crippen molar-refractivity contribution in [1.82, 2.24) is 0 Å². The first-order chi connectivity index (χ1) is 13.9. The van der Waals surface area contributed by atoms with E-state index in [9.17, 15) is 0 Å². The fourth-order valence-electron chi connectivity index (χ4n) is 4.44. The molecular weight excluding hydrogens is 456 g/mol. The van der Waals surface area contributed by atoms with E-state index in [1.807, 2.05) is 6.07 Å². The van der Waals surface area contributed by atoms with Crippen molar-refractivity contribution in [3.8, 4) is 23.0 Å². The third-order valence-corrected chi connectivity index (χ3v) is 13.2. The van der Waals surface area contributed by atoms with Gasteiger partial charge in [-0.1, -0.05) is 0 Å². The molecule has 0 amide bonds. The number of rotatable bonds is 1. The van der Waals surface area contributed by atoms with Gasteiger partial charge < -0.3 is 0 Å². The number of para-hydroxylation sites is 1. The molecule has 4 heteroatoms. The fraction of sp³-hybridized carbons (Fsp3) is 0.